The number of aromatic nitrogens is 5. The molecule has 0 unspecified atom stereocenters. The topological polar surface area (TPSA) is 68.5 Å². The summed E-state index contributed by atoms with van der Waals surface area (Å²) in [6, 6.07) is 14.2. The molecule has 0 aliphatic rings. The molecule has 0 amide bonds. The van der Waals surface area contributed by atoms with E-state index in [1.54, 1.807) is 23.1 Å². The molecule has 0 aliphatic carbocycles. The highest BCUT2D eigenvalue weighted by Crippen LogP contribution is 2.32. The number of anilines is 2. The molecule has 8 heteroatoms. The average molecular weight is 445 g/mol. The lowest BCUT2D eigenvalue weighted by atomic mass is 10.0. The normalized spacial score (nSPS) is 11.1. The number of hydrogen-bond acceptors (Lipinski definition) is 5. The number of halogens is 2. The van der Waals surface area contributed by atoms with E-state index in [0.29, 0.717) is 17.3 Å². The monoisotopic (exact) mass is 444 g/mol. The van der Waals surface area contributed by atoms with Crippen LogP contribution in [0.5, 0.6) is 0 Å². The van der Waals surface area contributed by atoms with Crippen LogP contribution in [0, 0.1) is 12.7 Å². The second kappa shape index (κ2) is 8.01. The summed E-state index contributed by atoms with van der Waals surface area (Å²) >= 11 is 5.99. The first-order valence-corrected chi connectivity index (χ1v) is 10.3. The van der Waals surface area contributed by atoms with Gasteiger partial charge in [0.1, 0.15) is 11.6 Å². The maximum absolute atomic E-state index is 13.7. The molecule has 6 nitrogen and oxygen atoms in total. The third-order valence-corrected chi connectivity index (χ3v) is 5.41. The number of nitrogens with zero attached hydrogens (tertiary/aromatic N) is 5. The Balaban J connectivity index is 1.69. The molecule has 2 aromatic carbocycles. The van der Waals surface area contributed by atoms with Crippen LogP contribution in [0.1, 0.15) is 5.69 Å². The van der Waals surface area contributed by atoms with Crippen molar-refractivity contribution in [3.8, 4) is 22.5 Å². The van der Waals surface area contributed by atoms with Crippen LogP contribution in [0.25, 0.3) is 33.4 Å². The van der Waals surface area contributed by atoms with E-state index in [0.717, 1.165) is 33.3 Å². The summed E-state index contributed by atoms with van der Waals surface area (Å²) in [7, 11) is 1.89. The van der Waals surface area contributed by atoms with Crippen LogP contribution in [-0.4, -0.2) is 24.7 Å². The van der Waals surface area contributed by atoms with Crippen LogP contribution >= 0.6 is 11.6 Å². The van der Waals surface area contributed by atoms with Crippen LogP contribution in [-0.2, 0) is 7.05 Å². The van der Waals surface area contributed by atoms with Crippen molar-refractivity contribution in [2.24, 2.45) is 7.05 Å². The summed E-state index contributed by atoms with van der Waals surface area (Å²) in [6.07, 6.45) is 5.40. The lowest BCUT2D eigenvalue weighted by Crippen LogP contribution is -2.00. The fourth-order valence-electron chi connectivity index (χ4n) is 3.61. The first kappa shape index (κ1) is 20.1. The third-order valence-electron chi connectivity index (χ3n) is 5.12. The van der Waals surface area contributed by atoms with Gasteiger partial charge in [0, 0.05) is 47.8 Å². The Morgan fingerprint density at radius 2 is 1.91 bits per heavy atom. The second-order valence-electron chi connectivity index (χ2n) is 7.43. The van der Waals surface area contributed by atoms with Gasteiger partial charge in [-0.2, -0.15) is 5.10 Å². The fraction of sp³-hybridized carbons (Fsp3) is 0.0833. The Labute approximate surface area is 188 Å². The van der Waals surface area contributed by atoms with Crippen LogP contribution in [0.2, 0.25) is 5.02 Å². The summed E-state index contributed by atoms with van der Waals surface area (Å²) in [6.45, 7) is 1.97. The van der Waals surface area contributed by atoms with Gasteiger partial charge in [-0.15, -0.1) is 0 Å². The number of pyridine rings is 1. The van der Waals surface area contributed by atoms with Gasteiger partial charge in [0.2, 0.25) is 0 Å². The van der Waals surface area contributed by atoms with Gasteiger partial charge in [0.25, 0.3) is 0 Å². The largest absolute Gasteiger partial charge is 0.340 e. The summed E-state index contributed by atoms with van der Waals surface area (Å²) in [4.78, 5) is 13.7. The van der Waals surface area contributed by atoms with E-state index < -0.39 is 5.82 Å². The van der Waals surface area contributed by atoms with Gasteiger partial charge in [0.05, 0.1) is 16.2 Å². The van der Waals surface area contributed by atoms with Crippen molar-refractivity contribution < 1.29 is 4.39 Å². The molecule has 158 valence electrons. The third kappa shape index (κ3) is 3.78. The molecule has 0 atom stereocenters. The molecule has 0 saturated heterocycles. The van der Waals surface area contributed by atoms with E-state index in [2.05, 4.69) is 15.4 Å². The first-order valence-electron chi connectivity index (χ1n) is 9.93. The fourth-order valence-corrected chi connectivity index (χ4v) is 3.79. The zero-order valence-electron chi connectivity index (χ0n) is 17.3. The molecule has 5 rings (SSSR count). The summed E-state index contributed by atoms with van der Waals surface area (Å²) < 4.78 is 15.4. The van der Waals surface area contributed by atoms with Crippen LogP contribution in [0.4, 0.5) is 15.9 Å². The number of benzene rings is 2. The molecule has 32 heavy (non-hydrogen) atoms. The first-order chi connectivity index (χ1) is 15.5. The number of rotatable bonds is 4. The van der Waals surface area contributed by atoms with Crippen LogP contribution in [0.15, 0.2) is 67.1 Å². The Bertz CT molecular complexity index is 1450. The van der Waals surface area contributed by atoms with E-state index in [1.807, 2.05) is 50.5 Å². The smallest absolute Gasteiger partial charge is 0.163 e. The van der Waals surface area contributed by atoms with Gasteiger partial charge in [-0.25, -0.2) is 14.4 Å². The molecule has 0 spiro atoms. The molecule has 0 radical (unpaired) electrons. The van der Waals surface area contributed by atoms with E-state index >= 15 is 0 Å². The van der Waals surface area contributed by atoms with Crippen LogP contribution < -0.4 is 5.32 Å². The predicted molar refractivity (Wildman–Crippen MR) is 124 cm³/mol. The predicted octanol–water partition coefficient (Wildman–Crippen LogP) is 5.94. The molecule has 0 fully saturated rings. The lowest BCUT2D eigenvalue weighted by Gasteiger charge is -2.12. The average Bonchev–Trinajstić information content (AvgIpc) is 3.14. The minimum absolute atomic E-state index is 0.0347. The van der Waals surface area contributed by atoms with Crippen molar-refractivity contribution in [2.75, 3.05) is 5.32 Å². The van der Waals surface area contributed by atoms with Crippen molar-refractivity contribution in [1.29, 1.82) is 0 Å². The second-order valence-corrected chi connectivity index (χ2v) is 7.83. The molecule has 1 N–H and O–H groups in total. The van der Waals surface area contributed by atoms with E-state index in [9.17, 15) is 4.39 Å². The highest BCUT2D eigenvalue weighted by molar-refractivity contribution is 6.31. The quantitative estimate of drug-likeness (QED) is 0.371. The molecule has 3 aromatic heterocycles. The van der Waals surface area contributed by atoms with Crippen LogP contribution in [0.3, 0.4) is 0 Å². The van der Waals surface area contributed by atoms with Crippen molar-refractivity contribution in [1.82, 2.24) is 24.7 Å². The number of aryl methyl sites for hydroxylation is 2. The molecular weight excluding hydrogens is 427 g/mol. The van der Waals surface area contributed by atoms with Crippen molar-refractivity contribution in [3.63, 3.8) is 0 Å². The van der Waals surface area contributed by atoms with E-state index in [4.69, 9.17) is 21.6 Å². The van der Waals surface area contributed by atoms with Gasteiger partial charge in [0.15, 0.2) is 5.82 Å². The molecule has 5 aromatic rings. The molecule has 0 aliphatic heterocycles. The summed E-state index contributed by atoms with van der Waals surface area (Å²) in [5, 5.41) is 8.58. The molecule has 0 bridgehead atoms. The summed E-state index contributed by atoms with van der Waals surface area (Å²) in [5.74, 6) is 0.640. The molecule has 3 heterocycles. The van der Waals surface area contributed by atoms with Gasteiger partial charge in [-0.1, -0.05) is 17.7 Å². The zero-order valence-corrected chi connectivity index (χ0v) is 18.1. The SMILES string of the molecule is Cc1nn(C)cc1-c1ccc2nc(-c3cccnc3)nc(Nc3ccc(F)c(Cl)c3)c2c1. The minimum atomic E-state index is -0.477. The Kier molecular flexibility index (Phi) is 5.03. The van der Waals surface area contributed by atoms with Gasteiger partial charge in [-0.3, -0.25) is 9.67 Å². The van der Waals surface area contributed by atoms with Gasteiger partial charge < -0.3 is 5.32 Å². The Morgan fingerprint density at radius 1 is 1.03 bits per heavy atom. The maximum atomic E-state index is 13.7. The Morgan fingerprint density at radius 3 is 2.62 bits per heavy atom. The number of nitrogens with one attached hydrogen (secondary N) is 1. The maximum Gasteiger partial charge on any atom is 0.163 e. The van der Waals surface area contributed by atoms with Gasteiger partial charge in [-0.05, 0) is 55.0 Å². The minimum Gasteiger partial charge on any atom is -0.340 e. The van der Waals surface area contributed by atoms with Crippen molar-refractivity contribution in [3.05, 3.63) is 83.7 Å². The van der Waals surface area contributed by atoms with Gasteiger partial charge >= 0.3 is 0 Å². The summed E-state index contributed by atoms with van der Waals surface area (Å²) in [5.41, 5.74) is 5.14. The van der Waals surface area contributed by atoms with Crippen molar-refractivity contribution >= 4 is 34.0 Å². The molecular formula is C24H18ClFN6. The highest BCUT2D eigenvalue weighted by atomic mass is 35.5. The van der Waals surface area contributed by atoms with E-state index in [-0.39, 0.29) is 5.02 Å². The Hall–Kier alpha value is -3.84. The standard InChI is InChI=1S/C24H18ClFN6/c1-14-19(13-32(2)31-14)15-5-8-22-18(10-15)24(28-17-6-7-21(26)20(25)11-17)30-23(29-22)16-4-3-9-27-12-16/h3-13H,1-2H3,(H,28,29,30). The lowest BCUT2D eigenvalue weighted by molar-refractivity contribution is 0.628. The highest BCUT2D eigenvalue weighted by Gasteiger charge is 2.14. The van der Waals surface area contributed by atoms with Crippen molar-refractivity contribution in [2.45, 2.75) is 6.92 Å². The zero-order chi connectivity index (χ0) is 22.2. The number of hydrogen-bond donors (Lipinski definition) is 1. The number of fused-ring (bicyclic) bond motifs is 1. The van der Waals surface area contributed by atoms with E-state index in [1.165, 1.54) is 12.1 Å². The molecule has 0 saturated carbocycles.